The van der Waals surface area contributed by atoms with Gasteiger partial charge in [-0.3, -0.25) is 14.4 Å². The summed E-state index contributed by atoms with van der Waals surface area (Å²) in [5, 5.41) is 0. The fourth-order valence-corrected chi connectivity index (χ4v) is 2.31. The lowest BCUT2D eigenvalue weighted by atomic mass is 9.99. The van der Waals surface area contributed by atoms with Gasteiger partial charge in [-0.1, -0.05) is 48.5 Å². The van der Waals surface area contributed by atoms with E-state index in [-0.39, 0.29) is 43.3 Å². The van der Waals surface area contributed by atoms with Crippen LogP contribution in [0.15, 0.2) is 48.5 Å². The van der Waals surface area contributed by atoms with Crippen LogP contribution in [0.5, 0.6) is 0 Å². The summed E-state index contributed by atoms with van der Waals surface area (Å²) >= 11 is 0. The second-order valence-corrected chi connectivity index (χ2v) is 5.56. The van der Waals surface area contributed by atoms with E-state index < -0.39 is 0 Å². The Bertz CT molecular complexity index is 671. The van der Waals surface area contributed by atoms with Gasteiger partial charge in [0.25, 0.3) is 0 Å². The highest BCUT2D eigenvalue weighted by Gasteiger charge is 2.10. The van der Waals surface area contributed by atoms with E-state index in [1.54, 1.807) is 48.5 Å². The number of benzene rings is 2. The van der Waals surface area contributed by atoms with Gasteiger partial charge in [-0.15, -0.1) is 0 Å². The molecule has 5 heteroatoms. The van der Waals surface area contributed by atoms with Gasteiger partial charge < -0.3 is 11.5 Å². The largest absolute Gasteiger partial charge is 0.324 e. The van der Waals surface area contributed by atoms with Crippen molar-refractivity contribution in [2.45, 2.75) is 12.8 Å². The molecule has 0 saturated heterocycles. The summed E-state index contributed by atoms with van der Waals surface area (Å²) in [5.41, 5.74) is 13.3. The third kappa shape index (κ3) is 4.68. The van der Waals surface area contributed by atoms with Crippen LogP contribution in [0.3, 0.4) is 0 Å². The average molecular weight is 324 g/mol. The number of rotatable bonds is 8. The van der Waals surface area contributed by atoms with Gasteiger partial charge in [-0.2, -0.15) is 0 Å². The van der Waals surface area contributed by atoms with Crippen LogP contribution in [0.1, 0.15) is 27.0 Å². The molecule has 2 rings (SSSR count). The number of carbonyl (C=O) groups excluding carboxylic acids is 3. The summed E-state index contributed by atoms with van der Waals surface area (Å²) in [6.45, 7) is 0.0272. The zero-order chi connectivity index (χ0) is 17.5. The maximum absolute atomic E-state index is 12.5. The van der Waals surface area contributed by atoms with Gasteiger partial charge in [0.1, 0.15) is 0 Å². The van der Waals surface area contributed by atoms with Gasteiger partial charge in [-0.25, -0.2) is 0 Å². The molecular weight excluding hydrogens is 304 g/mol. The zero-order valence-corrected chi connectivity index (χ0v) is 13.3. The number of carbonyl (C=O) groups is 3. The van der Waals surface area contributed by atoms with Gasteiger partial charge in [0.05, 0.1) is 13.1 Å². The van der Waals surface area contributed by atoms with E-state index in [0.29, 0.717) is 11.1 Å². The lowest BCUT2D eigenvalue weighted by Crippen LogP contribution is -2.15. The Labute approximate surface area is 140 Å². The van der Waals surface area contributed by atoms with Crippen LogP contribution in [0, 0.1) is 0 Å². The molecule has 0 unspecified atom stereocenters. The fraction of sp³-hybridized carbons (Fsp3) is 0.211. The fourth-order valence-electron chi connectivity index (χ4n) is 2.31. The van der Waals surface area contributed by atoms with Crippen molar-refractivity contribution in [1.82, 2.24) is 0 Å². The van der Waals surface area contributed by atoms with E-state index in [1.807, 2.05) is 0 Å². The van der Waals surface area contributed by atoms with Crippen LogP contribution < -0.4 is 11.5 Å². The molecule has 24 heavy (non-hydrogen) atoms. The molecule has 0 aliphatic rings. The average Bonchev–Trinajstić information content (AvgIpc) is 2.62. The number of Topliss-reactive ketones (excluding diaryl/α,β-unsaturated/α-hetero) is 2. The second kappa shape index (κ2) is 8.29. The topological polar surface area (TPSA) is 103 Å². The van der Waals surface area contributed by atoms with Gasteiger partial charge in [0.2, 0.25) is 0 Å². The van der Waals surface area contributed by atoms with Crippen LogP contribution in [0.2, 0.25) is 0 Å². The van der Waals surface area contributed by atoms with Gasteiger partial charge >= 0.3 is 0 Å². The van der Waals surface area contributed by atoms with Crippen molar-refractivity contribution >= 4 is 17.3 Å². The highest BCUT2D eigenvalue weighted by Crippen LogP contribution is 2.13. The van der Waals surface area contributed by atoms with Crippen LogP contribution in [0.25, 0.3) is 0 Å². The SMILES string of the molecule is NCC(=O)Cc1ccc(C(=O)c2ccc(CC(=O)CN)cc2)cc1. The van der Waals surface area contributed by atoms with Crippen molar-refractivity contribution in [2.75, 3.05) is 13.1 Å². The Morgan fingerprint density at radius 1 is 0.625 bits per heavy atom. The molecule has 5 nitrogen and oxygen atoms in total. The van der Waals surface area contributed by atoms with Crippen molar-refractivity contribution in [1.29, 1.82) is 0 Å². The lowest BCUT2D eigenvalue weighted by Gasteiger charge is -2.05. The minimum Gasteiger partial charge on any atom is -0.324 e. The first-order valence-electron chi connectivity index (χ1n) is 7.69. The quantitative estimate of drug-likeness (QED) is 0.707. The first-order valence-corrected chi connectivity index (χ1v) is 7.69. The van der Waals surface area contributed by atoms with E-state index in [0.717, 1.165) is 11.1 Å². The number of hydrogen-bond acceptors (Lipinski definition) is 5. The predicted molar refractivity (Wildman–Crippen MR) is 91.8 cm³/mol. The first-order chi connectivity index (χ1) is 11.5. The summed E-state index contributed by atoms with van der Waals surface area (Å²) in [7, 11) is 0. The van der Waals surface area contributed by atoms with Crippen LogP contribution in [-0.4, -0.2) is 30.4 Å². The van der Waals surface area contributed by atoms with Crippen molar-refractivity contribution in [3.05, 3.63) is 70.8 Å². The monoisotopic (exact) mass is 324 g/mol. The smallest absolute Gasteiger partial charge is 0.193 e. The normalized spacial score (nSPS) is 10.4. The van der Waals surface area contributed by atoms with Crippen LogP contribution >= 0.6 is 0 Å². The third-order valence-electron chi connectivity index (χ3n) is 3.69. The van der Waals surface area contributed by atoms with E-state index in [9.17, 15) is 14.4 Å². The summed E-state index contributed by atoms with van der Waals surface area (Å²) < 4.78 is 0. The Morgan fingerprint density at radius 3 is 1.25 bits per heavy atom. The molecule has 0 amide bonds. The van der Waals surface area contributed by atoms with Crippen LogP contribution in [-0.2, 0) is 22.4 Å². The summed E-state index contributed by atoms with van der Waals surface area (Å²) in [5.74, 6) is -0.197. The molecule has 124 valence electrons. The molecule has 0 atom stereocenters. The molecule has 0 spiro atoms. The van der Waals surface area contributed by atoms with Crippen LogP contribution in [0.4, 0.5) is 0 Å². The third-order valence-corrected chi connectivity index (χ3v) is 3.69. The van der Waals surface area contributed by atoms with E-state index in [2.05, 4.69) is 0 Å². The minimum atomic E-state index is -0.108. The molecule has 0 heterocycles. The molecule has 0 aliphatic heterocycles. The maximum atomic E-state index is 12.5. The Morgan fingerprint density at radius 2 is 0.958 bits per heavy atom. The van der Waals surface area contributed by atoms with Crippen molar-refractivity contribution in [3.63, 3.8) is 0 Å². The molecule has 0 fully saturated rings. The van der Waals surface area contributed by atoms with Crippen molar-refractivity contribution in [2.24, 2.45) is 11.5 Å². The Balaban J connectivity index is 2.08. The predicted octanol–water partition coefficient (Wildman–Crippen LogP) is 1.06. The molecule has 0 radical (unpaired) electrons. The zero-order valence-electron chi connectivity index (χ0n) is 13.3. The molecule has 2 aromatic carbocycles. The Kier molecular flexibility index (Phi) is 6.12. The van der Waals surface area contributed by atoms with Crippen molar-refractivity contribution in [3.8, 4) is 0 Å². The molecule has 0 aliphatic carbocycles. The highest BCUT2D eigenvalue weighted by atomic mass is 16.1. The van der Waals surface area contributed by atoms with Gasteiger partial charge in [0, 0.05) is 24.0 Å². The summed E-state index contributed by atoms with van der Waals surface area (Å²) in [6, 6.07) is 13.8. The standard InChI is InChI=1S/C19H20N2O3/c20-11-17(22)9-13-1-5-15(6-2-13)19(24)16-7-3-14(4-8-16)10-18(23)12-21/h1-8H,9-12,20-21H2. The van der Waals surface area contributed by atoms with Crippen molar-refractivity contribution < 1.29 is 14.4 Å². The number of ketones is 3. The molecule has 4 N–H and O–H groups in total. The molecule has 0 aromatic heterocycles. The van der Waals surface area contributed by atoms with E-state index in [4.69, 9.17) is 11.5 Å². The molecule has 0 bridgehead atoms. The highest BCUT2D eigenvalue weighted by molar-refractivity contribution is 6.09. The Hall–Kier alpha value is -2.63. The minimum absolute atomic E-state index is 0.0136. The molecule has 0 saturated carbocycles. The summed E-state index contributed by atoms with van der Waals surface area (Å²) in [4.78, 5) is 35.1. The van der Waals surface area contributed by atoms with E-state index >= 15 is 0 Å². The summed E-state index contributed by atoms with van der Waals surface area (Å²) in [6.07, 6.45) is 0.545. The maximum Gasteiger partial charge on any atom is 0.193 e. The number of nitrogens with two attached hydrogens (primary N) is 2. The number of hydrogen-bond donors (Lipinski definition) is 2. The van der Waals surface area contributed by atoms with Gasteiger partial charge in [-0.05, 0) is 11.1 Å². The second-order valence-electron chi connectivity index (χ2n) is 5.56. The molecular formula is C19H20N2O3. The first kappa shape index (κ1) is 17.7. The van der Waals surface area contributed by atoms with Gasteiger partial charge in [0.15, 0.2) is 17.3 Å². The lowest BCUT2D eigenvalue weighted by molar-refractivity contribution is -0.117. The molecule has 2 aromatic rings. The van der Waals surface area contributed by atoms with E-state index in [1.165, 1.54) is 0 Å².